The fraction of sp³-hybridized carbons (Fsp3) is 0.647. The summed E-state index contributed by atoms with van der Waals surface area (Å²) in [4.78, 5) is 0. The summed E-state index contributed by atoms with van der Waals surface area (Å²) >= 11 is 4.67. The highest BCUT2D eigenvalue weighted by atomic mass is 127. The predicted molar refractivity (Wildman–Crippen MR) is 106 cm³/mol. The van der Waals surface area contributed by atoms with Crippen LogP contribution >= 0.6 is 45.2 Å². The van der Waals surface area contributed by atoms with Gasteiger partial charge in [0.2, 0.25) is 0 Å². The third-order valence-corrected chi connectivity index (χ3v) is 6.97. The predicted octanol–water partition coefficient (Wildman–Crippen LogP) is 5.67. The first kappa shape index (κ1) is 18.7. The Morgan fingerprint density at radius 3 is 2.35 bits per heavy atom. The van der Waals surface area contributed by atoms with Gasteiger partial charge >= 0.3 is 0 Å². The number of halogens is 2. The van der Waals surface area contributed by atoms with Gasteiger partial charge in [-0.3, -0.25) is 0 Å². The zero-order valence-corrected chi connectivity index (χ0v) is 17.4. The van der Waals surface area contributed by atoms with Gasteiger partial charge in [0, 0.05) is 9.84 Å². The second-order valence-electron chi connectivity index (χ2n) is 6.02. The molecule has 0 aromatic carbocycles. The molecule has 1 saturated carbocycles. The van der Waals surface area contributed by atoms with Gasteiger partial charge in [0.1, 0.15) is 4.11 Å². The lowest BCUT2D eigenvalue weighted by Gasteiger charge is -2.43. The zero-order chi connectivity index (χ0) is 15.6. The standard InChI is InChI=1S/C17H26I2O/c1-7-13-11(5)12(6)14(8-10(4)9(2)3)16(18)15(13)17(19)20/h8,11,13,15-17,20H,6-7H2,1-5H3/b14-8+/t11-,13?,15+,16?,17+/m1/s1. The summed E-state index contributed by atoms with van der Waals surface area (Å²) in [5, 5.41) is 10.2. The minimum atomic E-state index is -0.301. The lowest BCUT2D eigenvalue weighted by Crippen LogP contribution is -2.41. The number of rotatable bonds is 3. The van der Waals surface area contributed by atoms with Crippen LogP contribution in [0.3, 0.4) is 0 Å². The molecule has 1 rings (SSSR count). The summed E-state index contributed by atoms with van der Waals surface area (Å²) in [5.74, 6) is 1.26. The molecule has 1 aliphatic carbocycles. The van der Waals surface area contributed by atoms with Crippen LogP contribution in [0.4, 0.5) is 0 Å². The third kappa shape index (κ3) is 3.88. The van der Waals surface area contributed by atoms with Crippen molar-refractivity contribution < 1.29 is 5.11 Å². The van der Waals surface area contributed by atoms with Gasteiger partial charge < -0.3 is 5.11 Å². The van der Waals surface area contributed by atoms with Gasteiger partial charge in [0.25, 0.3) is 0 Å². The average molecular weight is 500 g/mol. The highest BCUT2D eigenvalue weighted by molar-refractivity contribution is 14.1. The van der Waals surface area contributed by atoms with Crippen LogP contribution in [-0.2, 0) is 0 Å². The number of aliphatic hydroxyl groups excluding tert-OH is 1. The van der Waals surface area contributed by atoms with Crippen molar-refractivity contribution in [2.75, 3.05) is 0 Å². The molecule has 2 unspecified atom stereocenters. The molecular weight excluding hydrogens is 474 g/mol. The molecule has 0 aliphatic heterocycles. The van der Waals surface area contributed by atoms with E-state index < -0.39 is 0 Å². The van der Waals surface area contributed by atoms with Crippen molar-refractivity contribution in [1.82, 2.24) is 0 Å². The normalized spacial score (nSPS) is 34.2. The highest BCUT2D eigenvalue weighted by Crippen LogP contribution is 2.48. The maximum Gasteiger partial charge on any atom is 0.109 e. The van der Waals surface area contributed by atoms with Crippen LogP contribution in [0.15, 0.2) is 34.9 Å². The molecule has 20 heavy (non-hydrogen) atoms. The van der Waals surface area contributed by atoms with Crippen LogP contribution in [-0.4, -0.2) is 13.1 Å². The lowest BCUT2D eigenvalue weighted by molar-refractivity contribution is 0.129. The van der Waals surface area contributed by atoms with Crippen molar-refractivity contribution in [3.8, 4) is 0 Å². The molecule has 1 nitrogen and oxygen atoms in total. The Morgan fingerprint density at radius 1 is 1.40 bits per heavy atom. The van der Waals surface area contributed by atoms with E-state index in [2.05, 4.69) is 92.5 Å². The van der Waals surface area contributed by atoms with Gasteiger partial charge in [-0.25, -0.2) is 0 Å². The van der Waals surface area contributed by atoms with Crippen molar-refractivity contribution in [1.29, 1.82) is 0 Å². The molecule has 0 amide bonds. The number of hydrogen-bond donors (Lipinski definition) is 1. The Balaban J connectivity index is 3.28. The first-order chi connectivity index (χ1) is 9.22. The van der Waals surface area contributed by atoms with E-state index in [0.717, 1.165) is 6.42 Å². The van der Waals surface area contributed by atoms with E-state index in [9.17, 15) is 5.11 Å². The molecule has 1 aliphatic rings. The van der Waals surface area contributed by atoms with Gasteiger partial charge in [-0.05, 0) is 43.8 Å². The van der Waals surface area contributed by atoms with Crippen LogP contribution in [0.2, 0.25) is 0 Å². The second-order valence-corrected chi connectivity index (χ2v) is 8.64. The quantitative estimate of drug-likeness (QED) is 0.391. The SMILES string of the molecule is C=C1/C(=C\C(C)=C(C)C)C(I)[C@@H]([C@H](O)I)C(CC)[C@@H]1C. The van der Waals surface area contributed by atoms with Crippen LogP contribution in [0, 0.1) is 17.8 Å². The van der Waals surface area contributed by atoms with Crippen molar-refractivity contribution in [3.63, 3.8) is 0 Å². The van der Waals surface area contributed by atoms with Crippen molar-refractivity contribution in [3.05, 3.63) is 34.9 Å². The van der Waals surface area contributed by atoms with Crippen LogP contribution < -0.4 is 0 Å². The van der Waals surface area contributed by atoms with E-state index in [1.165, 1.54) is 22.3 Å². The molecule has 0 heterocycles. The van der Waals surface area contributed by atoms with E-state index in [1.807, 2.05) is 0 Å². The number of aliphatic hydroxyl groups is 1. The smallest absolute Gasteiger partial charge is 0.109 e. The van der Waals surface area contributed by atoms with E-state index in [0.29, 0.717) is 21.7 Å². The largest absolute Gasteiger partial charge is 0.382 e. The van der Waals surface area contributed by atoms with Gasteiger partial charge in [0.15, 0.2) is 0 Å². The summed E-state index contributed by atoms with van der Waals surface area (Å²) in [7, 11) is 0. The van der Waals surface area contributed by atoms with Gasteiger partial charge in [-0.2, -0.15) is 0 Å². The molecule has 1 N–H and O–H groups in total. The maximum absolute atomic E-state index is 10.2. The number of allylic oxidation sites excluding steroid dienone is 5. The van der Waals surface area contributed by atoms with Crippen molar-refractivity contribution in [2.45, 2.75) is 49.1 Å². The van der Waals surface area contributed by atoms with Crippen molar-refractivity contribution >= 4 is 45.2 Å². The Hall–Kier alpha value is 0.640. The Kier molecular flexibility index (Phi) is 7.26. The number of alkyl halides is 2. The molecule has 0 bridgehead atoms. The van der Waals surface area contributed by atoms with E-state index in [-0.39, 0.29) is 4.11 Å². The molecular formula is C17H26I2O. The minimum absolute atomic E-state index is 0.301. The summed E-state index contributed by atoms with van der Waals surface area (Å²) in [5.41, 5.74) is 5.23. The van der Waals surface area contributed by atoms with Crippen LogP contribution in [0.25, 0.3) is 0 Å². The molecule has 114 valence electrons. The highest BCUT2D eigenvalue weighted by Gasteiger charge is 2.42. The van der Waals surface area contributed by atoms with Crippen LogP contribution in [0.5, 0.6) is 0 Å². The fourth-order valence-corrected chi connectivity index (χ4v) is 6.22. The Morgan fingerprint density at radius 2 is 1.95 bits per heavy atom. The van der Waals surface area contributed by atoms with Crippen LogP contribution in [0.1, 0.15) is 41.0 Å². The van der Waals surface area contributed by atoms with E-state index in [4.69, 9.17) is 0 Å². The summed E-state index contributed by atoms with van der Waals surface area (Å²) in [6, 6.07) is 0. The monoisotopic (exact) mass is 500 g/mol. The van der Waals surface area contributed by atoms with Gasteiger partial charge in [-0.15, -0.1) is 0 Å². The molecule has 3 heteroatoms. The topological polar surface area (TPSA) is 20.2 Å². The molecule has 0 aromatic heterocycles. The van der Waals surface area contributed by atoms with Crippen molar-refractivity contribution in [2.24, 2.45) is 17.8 Å². The average Bonchev–Trinajstić information content (AvgIpc) is 2.37. The third-order valence-electron chi connectivity index (χ3n) is 4.64. The Bertz CT molecular complexity index is 430. The molecule has 0 radical (unpaired) electrons. The minimum Gasteiger partial charge on any atom is -0.382 e. The first-order valence-corrected chi connectivity index (χ1v) is 9.72. The fourth-order valence-electron chi connectivity index (χ4n) is 2.98. The summed E-state index contributed by atoms with van der Waals surface area (Å²) < 4.78 is 0.0351. The van der Waals surface area contributed by atoms with Gasteiger partial charge in [0.05, 0.1) is 0 Å². The lowest BCUT2D eigenvalue weighted by atomic mass is 9.67. The molecule has 5 atom stereocenters. The zero-order valence-electron chi connectivity index (χ0n) is 13.1. The summed E-state index contributed by atoms with van der Waals surface area (Å²) in [6.45, 7) is 15.3. The number of hydrogen-bond acceptors (Lipinski definition) is 1. The molecule has 1 fully saturated rings. The molecule has 0 saturated heterocycles. The van der Waals surface area contributed by atoms with E-state index >= 15 is 0 Å². The molecule has 0 spiro atoms. The van der Waals surface area contributed by atoms with Gasteiger partial charge in [-0.1, -0.05) is 89.3 Å². The first-order valence-electron chi connectivity index (χ1n) is 7.23. The Labute approximate surface area is 151 Å². The summed E-state index contributed by atoms with van der Waals surface area (Å²) in [6.07, 6.45) is 3.38. The second kappa shape index (κ2) is 7.77. The maximum atomic E-state index is 10.2. The molecule has 0 aromatic rings. The van der Waals surface area contributed by atoms with E-state index in [1.54, 1.807) is 0 Å².